The molecule has 158 valence electrons. The summed E-state index contributed by atoms with van der Waals surface area (Å²) in [6, 6.07) is 13.4. The van der Waals surface area contributed by atoms with Crippen molar-refractivity contribution in [3.05, 3.63) is 48.0 Å². The highest BCUT2D eigenvalue weighted by Crippen LogP contribution is 2.27. The van der Waals surface area contributed by atoms with Crippen LogP contribution in [0.3, 0.4) is 0 Å². The van der Waals surface area contributed by atoms with Gasteiger partial charge in [-0.2, -0.15) is 4.52 Å². The fourth-order valence-electron chi connectivity index (χ4n) is 3.93. The molecule has 4 aromatic rings. The highest BCUT2D eigenvalue weighted by molar-refractivity contribution is 5.94. The van der Waals surface area contributed by atoms with E-state index in [0.717, 1.165) is 47.0 Å². The van der Waals surface area contributed by atoms with Gasteiger partial charge in [0, 0.05) is 17.5 Å². The molecule has 0 radical (unpaired) electrons. The zero-order valence-electron chi connectivity index (χ0n) is 17.6. The number of nitrogens with one attached hydrogen (secondary N) is 2. The first-order chi connectivity index (χ1) is 15.1. The molecular weight excluding hydrogens is 392 g/mol. The van der Waals surface area contributed by atoms with E-state index in [0.29, 0.717) is 24.0 Å². The molecule has 8 heteroatoms. The average molecular weight is 416 g/mol. The summed E-state index contributed by atoms with van der Waals surface area (Å²) in [6.07, 6.45) is 2.70. The highest BCUT2D eigenvalue weighted by atomic mass is 16.5. The number of hydrogen-bond acceptors (Lipinski definition) is 6. The molecule has 8 nitrogen and oxygen atoms in total. The van der Waals surface area contributed by atoms with Crippen LogP contribution in [-0.4, -0.2) is 45.2 Å². The minimum absolute atomic E-state index is 0.00933. The Bertz CT molecular complexity index is 1280. The largest absolute Gasteiger partial charge is 0.497 e. The monoisotopic (exact) mass is 416 g/mol. The third-order valence-electron chi connectivity index (χ3n) is 5.59. The van der Waals surface area contributed by atoms with E-state index in [9.17, 15) is 4.79 Å². The number of methoxy groups -OCH3 is 1. The first-order valence-electron chi connectivity index (χ1n) is 10.5. The topological polar surface area (TPSA) is 93.4 Å². The lowest BCUT2D eigenvalue weighted by molar-refractivity contribution is -0.121. The van der Waals surface area contributed by atoms with Gasteiger partial charge >= 0.3 is 0 Å². The number of carbonyl (C=O) groups is 1. The second-order valence-corrected chi connectivity index (χ2v) is 7.84. The molecule has 31 heavy (non-hydrogen) atoms. The zero-order chi connectivity index (χ0) is 21.4. The van der Waals surface area contributed by atoms with Gasteiger partial charge in [-0.05, 0) is 56.0 Å². The van der Waals surface area contributed by atoms with Crippen molar-refractivity contribution in [2.45, 2.75) is 32.2 Å². The third kappa shape index (κ3) is 3.65. The number of rotatable bonds is 4. The number of anilines is 1. The van der Waals surface area contributed by atoms with Crippen LogP contribution in [-0.2, 0) is 4.79 Å². The Balaban J connectivity index is 1.67. The number of nitrogens with zero attached hydrogens (tertiary/aromatic N) is 4. The van der Waals surface area contributed by atoms with Crippen LogP contribution in [0.2, 0.25) is 0 Å². The molecule has 0 bridgehead atoms. The minimum Gasteiger partial charge on any atom is -0.497 e. The molecule has 1 atom stereocenters. The van der Waals surface area contributed by atoms with Gasteiger partial charge in [-0.15, -0.1) is 5.10 Å². The Labute approximate surface area is 179 Å². The summed E-state index contributed by atoms with van der Waals surface area (Å²) in [5.74, 6) is 1.81. The van der Waals surface area contributed by atoms with Crippen molar-refractivity contribution >= 4 is 28.4 Å². The molecule has 0 saturated carbocycles. The van der Waals surface area contributed by atoms with Crippen LogP contribution in [0.1, 0.15) is 24.8 Å². The molecule has 1 aliphatic heterocycles. The molecule has 0 spiro atoms. The summed E-state index contributed by atoms with van der Waals surface area (Å²) >= 11 is 0. The summed E-state index contributed by atoms with van der Waals surface area (Å²) in [6.45, 7) is 2.74. The van der Waals surface area contributed by atoms with E-state index in [1.807, 2.05) is 49.4 Å². The van der Waals surface area contributed by atoms with Crippen molar-refractivity contribution in [3.8, 4) is 17.1 Å². The average Bonchev–Trinajstić information content (AvgIpc) is 3.14. The fourth-order valence-corrected chi connectivity index (χ4v) is 3.93. The third-order valence-corrected chi connectivity index (χ3v) is 5.59. The van der Waals surface area contributed by atoms with Crippen LogP contribution in [0.5, 0.6) is 5.75 Å². The standard InChI is InChI=1S/C23H24N6O2/c1-14-9-10-17-19(12-14)26-23(25-18-8-3-4-11-24-22(18)30)29-21(17)27-20(28-29)15-6-5-7-16(13-15)31-2/h5-7,9-10,12-13,18H,3-4,8,11H2,1-2H3,(H,24,30)(H,25,26)/t18-/m0/s1. The van der Waals surface area contributed by atoms with E-state index >= 15 is 0 Å². The Kier molecular flexibility index (Phi) is 4.89. The van der Waals surface area contributed by atoms with E-state index in [1.54, 1.807) is 11.6 Å². The Hall–Kier alpha value is -3.68. The second kappa shape index (κ2) is 7.86. The van der Waals surface area contributed by atoms with Crippen molar-refractivity contribution in [3.63, 3.8) is 0 Å². The fraction of sp³-hybridized carbons (Fsp3) is 0.304. The number of carbonyl (C=O) groups excluding carboxylic acids is 1. The minimum atomic E-state index is -0.357. The molecule has 5 rings (SSSR count). The maximum atomic E-state index is 12.5. The van der Waals surface area contributed by atoms with E-state index < -0.39 is 0 Å². The second-order valence-electron chi connectivity index (χ2n) is 7.84. The van der Waals surface area contributed by atoms with Gasteiger partial charge in [-0.3, -0.25) is 4.79 Å². The molecule has 1 aliphatic rings. The summed E-state index contributed by atoms with van der Waals surface area (Å²) in [4.78, 5) is 22.1. The lowest BCUT2D eigenvalue weighted by Crippen LogP contribution is -2.38. The first kappa shape index (κ1) is 19.3. The van der Waals surface area contributed by atoms with Gasteiger partial charge in [0.15, 0.2) is 11.5 Å². The zero-order valence-corrected chi connectivity index (χ0v) is 17.6. The van der Waals surface area contributed by atoms with Crippen molar-refractivity contribution in [2.24, 2.45) is 0 Å². The van der Waals surface area contributed by atoms with Crippen molar-refractivity contribution in [1.82, 2.24) is 24.9 Å². The van der Waals surface area contributed by atoms with Gasteiger partial charge in [0.2, 0.25) is 11.9 Å². The molecular formula is C23H24N6O2. The number of hydrogen-bond donors (Lipinski definition) is 2. The quantitative estimate of drug-likeness (QED) is 0.530. The first-order valence-corrected chi connectivity index (χ1v) is 10.5. The molecule has 0 aliphatic carbocycles. The molecule has 2 aromatic carbocycles. The van der Waals surface area contributed by atoms with E-state index in [1.165, 1.54) is 0 Å². The van der Waals surface area contributed by atoms with Gasteiger partial charge in [-0.25, -0.2) is 9.97 Å². The lowest BCUT2D eigenvalue weighted by atomic mass is 10.1. The smallest absolute Gasteiger partial charge is 0.242 e. The van der Waals surface area contributed by atoms with Crippen molar-refractivity contribution < 1.29 is 9.53 Å². The summed E-state index contributed by atoms with van der Waals surface area (Å²) < 4.78 is 7.05. The van der Waals surface area contributed by atoms with Gasteiger partial charge in [0.25, 0.3) is 0 Å². The van der Waals surface area contributed by atoms with Gasteiger partial charge < -0.3 is 15.4 Å². The van der Waals surface area contributed by atoms with Gasteiger partial charge in [0.1, 0.15) is 11.8 Å². The SMILES string of the molecule is COc1cccc(-c2nc3c4ccc(C)cc4nc(N[C@H]4CCCCNC4=O)n3n2)c1. The van der Waals surface area contributed by atoms with Crippen LogP contribution >= 0.6 is 0 Å². The number of fused-ring (bicyclic) bond motifs is 3. The van der Waals surface area contributed by atoms with E-state index in [2.05, 4.69) is 10.6 Å². The summed E-state index contributed by atoms with van der Waals surface area (Å²) in [7, 11) is 1.63. The van der Waals surface area contributed by atoms with Crippen molar-refractivity contribution in [1.29, 1.82) is 0 Å². The summed E-state index contributed by atoms with van der Waals surface area (Å²) in [5, 5.41) is 11.9. The number of aromatic nitrogens is 4. The number of aryl methyl sites for hydroxylation is 1. The number of ether oxygens (including phenoxy) is 1. The molecule has 1 fully saturated rings. The van der Waals surface area contributed by atoms with Crippen molar-refractivity contribution in [2.75, 3.05) is 19.0 Å². The maximum Gasteiger partial charge on any atom is 0.242 e. The molecule has 3 heterocycles. The molecule has 2 aromatic heterocycles. The normalized spacial score (nSPS) is 16.8. The van der Waals surface area contributed by atoms with Gasteiger partial charge in [-0.1, -0.05) is 18.2 Å². The van der Waals surface area contributed by atoms with Crippen LogP contribution in [0.25, 0.3) is 27.9 Å². The Morgan fingerprint density at radius 2 is 2.06 bits per heavy atom. The predicted octanol–water partition coefficient (Wildman–Crippen LogP) is 3.34. The lowest BCUT2D eigenvalue weighted by Gasteiger charge is -2.16. The van der Waals surface area contributed by atoms with E-state index in [4.69, 9.17) is 19.8 Å². The number of amides is 1. The Morgan fingerprint density at radius 3 is 2.94 bits per heavy atom. The van der Waals surface area contributed by atoms with E-state index in [-0.39, 0.29) is 11.9 Å². The van der Waals surface area contributed by atoms with Crippen LogP contribution < -0.4 is 15.4 Å². The van der Waals surface area contributed by atoms with Crippen LogP contribution in [0.4, 0.5) is 5.95 Å². The molecule has 0 unspecified atom stereocenters. The maximum absolute atomic E-state index is 12.5. The Morgan fingerprint density at radius 1 is 1.16 bits per heavy atom. The van der Waals surface area contributed by atoms with Crippen LogP contribution in [0.15, 0.2) is 42.5 Å². The number of benzene rings is 2. The predicted molar refractivity (Wildman–Crippen MR) is 119 cm³/mol. The van der Waals surface area contributed by atoms with Crippen LogP contribution in [0, 0.1) is 6.92 Å². The highest BCUT2D eigenvalue weighted by Gasteiger charge is 2.23. The molecule has 1 amide bonds. The van der Waals surface area contributed by atoms with Gasteiger partial charge in [0.05, 0.1) is 12.6 Å². The molecule has 1 saturated heterocycles. The summed E-state index contributed by atoms with van der Waals surface area (Å²) in [5.41, 5.74) is 3.46. The molecule has 2 N–H and O–H groups in total.